The quantitative estimate of drug-likeness (QED) is 0.358. The number of carbonyl (C=O) groups excluding carboxylic acids is 1. The summed E-state index contributed by atoms with van der Waals surface area (Å²) in [6, 6.07) is 12.2. The van der Waals surface area contributed by atoms with E-state index in [0.29, 0.717) is 41.3 Å². The molecule has 4 heterocycles. The van der Waals surface area contributed by atoms with E-state index in [9.17, 15) is 4.79 Å². The van der Waals surface area contributed by atoms with Gasteiger partial charge in [0.1, 0.15) is 11.5 Å². The zero-order valence-corrected chi connectivity index (χ0v) is 20.1. The number of aryl methyl sites for hydroxylation is 1. The summed E-state index contributed by atoms with van der Waals surface area (Å²) in [6.45, 7) is 4.71. The molecule has 1 amide bonds. The van der Waals surface area contributed by atoms with E-state index in [1.54, 1.807) is 10.9 Å². The third kappa shape index (κ3) is 3.74. The van der Waals surface area contributed by atoms with Crippen LogP contribution in [0.5, 0.6) is 0 Å². The van der Waals surface area contributed by atoms with Crippen molar-refractivity contribution in [3.8, 4) is 5.82 Å². The maximum atomic E-state index is 14.1. The molecule has 0 radical (unpaired) electrons. The second-order valence-electron chi connectivity index (χ2n) is 10.5. The molecule has 7 heteroatoms. The highest BCUT2D eigenvalue weighted by molar-refractivity contribution is 6.07. The summed E-state index contributed by atoms with van der Waals surface area (Å²) in [5, 5.41) is 5.59. The van der Waals surface area contributed by atoms with E-state index in [2.05, 4.69) is 18.0 Å². The van der Waals surface area contributed by atoms with Gasteiger partial charge in [0.25, 0.3) is 5.91 Å². The summed E-state index contributed by atoms with van der Waals surface area (Å²) < 4.78 is 7.97. The van der Waals surface area contributed by atoms with Gasteiger partial charge in [0, 0.05) is 29.8 Å². The molecule has 178 valence electrons. The van der Waals surface area contributed by atoms with Gasteiger partial charge in [0.05, 0.1) is 23.2 Å². The molecule has 0 spiro atoms. The van der Waals surface area contributed by atoms with Crippen LogP contribution in [0.2, 0.25) is 0 Å². The van der Waals surface area contributed by atoms with E-state index in [0.717, 1.165) is 54.0 Å². The van der Waals surface area contributed by atoms with Crippen molar-refractivity contribution >= 4 is 16.9 Å². The standard InChI is InChI=1S/C28H29N5O2/c1-16-13-21(16)24-11-10-20(35-24)15-32(19-8-9-19)28(34)22-14-23(18-6-7-18)30-27-26(22)17(2)31-33(27)25-5-3-4-12-29-25/h3-5,10-12,14,16,18-19,21H,6-9,13,15H2,1-2H3. The molecule has 3 saturated carbocycles. The van der Waals surface area contributed by atoms with Crippen LogP contribution in [-0.2, 0) is 6.54 Å². The second kappa shape index (κ2) is 7.77. The second-order valence-corrected chi connectivity index (χ2v) is 10.5. The number of pyridine rings is 2. The fourth-order valence-corrected chi connectivity index (χ4v) is 5.18. The molecule has 35 heavy (non-hydrogen) atoms. The highest BCUT2D eigenvalue weighted by Crippen LogP contribution is 2.47. The van der Waals surface area contributed by atoms with Gasteiger partial charge in [-0.25, -0.2) is 9.97 Å². The predicted octanol–water partition coefficient (Wildman–Crippen LogP) is 5.52. The summed E-state index contributed by atoms with van der Waals surface area (Å²) in [4.78, 5) is 25.6. The number of amides is 1. The van der Waals surface area contributed by atoms with Crippen molar-refractivity contribution in [2.45, 2.75) is 70.4 Å². The maximum Gasteiger partial charge on any atom is 0.255 e. The lowest BCUT2D eigenvalue weighted by Crippen LogP contribution is -2.32. The van der Waals surface area contributed by atoms with Crippen LogP contribution in [0.15, 0.2) is 47.0 Å². The predicted molar refractivity (Wildman–Crippen MR) is 131 cm³/mol. The van der Waals surface area contributed by atoms with E-state index >= 15 is 0 Å². The van der Waals surface area contributed by atoms with Gasteiger partial charge in [0.15, 0.2) is 11.5 Å². The Morgan fingerprint density at radius 2 is 2.00 bits per heavy atom. The third-order valence-electron chi connectivity index (χ3n) is 7.66. The van der Waals surface area contributed by atoms with Crippen molar-refractivity contribution in [1.29, 1.82) is 0 Å². The molecule has 7 nitrogen and oxygen atoms in total. The van der Waals surface area contributed by atoms with E-state index in [4.69, 9.17) is 14.5 Å². The summed E-state index contributed by atoms with van der Waals surface area (Å²) in [6.07, 6.45) is 7.25. The van der Waals surface area contributed by atoms with Crippen molar-refractivity contribution in [1.82, 2.24) is 24.6 Å². The molecule has 7 rings (SSSR count). The van der Waals surface area contributed by atoms with Gasteiger partial charge in [-0.3, -0.25) is 4.79 Å². The lowest BCUT2D eigenvalue weighted by Gasteiger charge is -2.22. The maximum absolute atomic E-state index is 14.1. The van der Waals surface area contributed by atoms with E-state index < -0.39 is 0 Å². The normalized spacial score (nSPS) is 21.4. The number of fused-ring (bicyclic) bond motifs is 1. The Morgan fingerprint density at radius 1 is 1.17 bits per heavy atom. The monoisotopic (exact) mass is 467 g/mol. The van der Waals surface area contributed by atoms with Gasteiger partial charge in [-0.15, -0.1) is 0 Å². The first kappa shape index (κ1) is 20.9. The van der Waals surface area contributed by atoms with Crippen molar-refractivity contribution in [2.24, 2.45) is 5.92 Å². The van der Waals surface area contributed by atoms with Crippen molar-refractivity contribution in [3.63, 3.8) is 0 Å². The first-order valence-electron chi connectivity index (χ1n) is 12.8. The largest absolute Gasteiger partial charge is 0.464 e. The number of hydrogen-bond donors (Lipinski definition) is 0. The van der Waals surface area contributed by atoms with Crippen LogP contribution in [-0.4, -0.2) is 36.6 Å². The number of furan rings is 1. The molecule has 3 fully saturated rings. The first-order chi connectivity index (χ1) is 17.1. The van der Waals surface area contributed by atoms with E-state index in [1.807, 2.05) is 42.2 Å². The molecule has 0 bridgehead atoms. The molecule has 0 aromatic carbocycles. The summed E-state index contributed by atoms with van der Waals surface area (Å²) in [5.74, 6) is 4.33. The number of aromatic nitrogens is 4. The van der Waals surface area contributed by atoms with Crippen LogP contribution >= 0.6 is 0 Å². The summed E-state index contributed by atoms with van der Waals surface area (Å²) in [7, 11) is 0. The molecule has 2 unspecified atom stereocenters. The zero-order chi connectivity index (χ0) is 23.7. The van der Waals surface area contributed by atoms with Crippen LogP contribution in [0.4, 0.5) is 0 Å². The lowest BCUT2D eigenvalue weighted by molar-refractivity contribution is 0.0718. The van der Waals surface area contributed by atoms with Gasteiger partial charge in [-0.2, -0.15) is 9.78 Å². The molecule has 3 aliphatic rings. The third-order valence-corrected chi connectivity index (χ3v) is 7.66. The Morgan fingerprint density at radius 3 is 2.69 bits per heavy atom. The van der Waals surface area contributed by atoms with Crippen molar-refractivity contribution in [2.75, 3.05) is 0 Å². The van der Waals surface area contributed by atoms with Gasteiger partial charge < -0.3 is 9.32 Å². The Labute approximate surface area is 204 Å². The molecule has 4 aromatic rings. The molecule has 0 saturated heterocycles. The lowest BCUT2D eigenvalue weighted by atomic mass is 10.1. The number of carbonyl (C=O) groups is 1. The fourth-order valence-electron chi connectivity index (χ4n) is 5.18. The fraction of sp³-hybridized carbons (Fsp3) is 0.429. The minimum atomic E-state index is 0.0446. The van der Waals surface area contributed by atoms with Crippen LogP contribution in [0.25, 0.3) is 16.9 Å². The Kier molecular flexibility index (Phi) is 4.63. The highest BCUT2D eigenvalue weighted by Gasteiger charge is 2.38. The Hall–Kier alpha value is -3.48. The van der Waals surface area contributed by atoms with Crippen molar-refractivity contribution < 1.29 is 9.21 Å². The van der Waals surface area contributed by atoms with Crippen LogP contribution < -0.4 is 0 Å². The molecular weight excluding hydrogens is 438 g/mol. The topological polar surface area (TPSA) is 77.1 Å². The van der Waals surface area contributed by atoms with Crippen LogP contribution in [0.3, 0.4) is 0 Å². The molecule has 2 atom stereocenters. The van der Waals surface area contributed by atoms with Gasteiger partial charge in [0.2, 0.25) is 0 Å². The Balaban J connectivity index is 1.29. The average Bonchev–Trinajstić information content (AvgIpc) is 3.79. The SMILES string of the molecule is Cc1nn(-c2ccccn2)c2nc(C3CC3)cc(C(=O)N(Cc3ccc(C4CC4C)o3)C3CC3)c12. The minimum Gasteiger partial charge on any atom is -0.464 e. The highest BCUT2D eigenvalue weighted by atomic mass is 16.3. The van der Waals surface area contributed by atoms with Gasteiger partial charge >= 0.3 is 0 Å². The molecule has 0 N–H and O–H groups in total. The van der Waals surface area contributed by atoms with Crippen LogP contribution in [0, 0.1) is 12.8 Å². The summed E-state index contributed by atoms with van der Waals surface area (Å²) >= 11 is 0. The van der Waals surface area contributed by atoms with Crippen LogP contribution in [0.1, 0.15) is 84.1 Å². The minimum absolute atomic E-state index is 0.0446. The number of nitrogens with zero attached hydrogens (tertiary/aromatic N) is 5. The van der Waals surface area contributed by atoms with E-state index in [1.165, 1.54) is 6.42 Å². The number of hydrogen-bond acceptors (Lipinski definition) is 5. The van der Waals surface area contributed by atoms with Gasteiger partial charge in [-0.1, -0.05) is 13.0 Å². The number of rotatable bonds is 7. The Bertz CT molecular complexity index is 1430. The van der Waals surface area contributed by atoms with Gasteiger partial charge in [-0.05, 0) is 75.3 Å². The summed E-state index contributed by atoms with van der Waals surface area (Å²) in [5.41, 5.74) is 3.19. The van der Waals surface area contributed by atoms with Crippen molar-refractivity contribution in [3.05, 3.63) is 71.1 Å². The first-order valence-corrected chi connectivity index (χ1v) is 12.8. The zero-order valence-electron chi connectivity index (χ0n) is 20.1. The molecule has 4 aromatic heterocycles. The smallest absolute Gasteiger partial charge is 0.255 e. The van der Waals surface area contributed by atoms with E-state index in [-0.39, 0.29) is 11.9 Å². The molecule has 3 aliphatic carbocycles. The molecule has 0 aliphatic heterocycles. The average molecular weight is 468 g/mol. The molecular formula is C28H29N5O2.